The highest BCUT2D eigenvalue weighted by Crippen LogP contribution is 2.23. The van der Waals surface area contributed by atoms with Gasteiger partial charge in [0.1, 0.15) is 0 Å². The molecule has 3 nitrogen and oxygen atoms in total. The lowest BCUT2D eigenvalue weighted by Crippen LogP contribution is -2.38. The summed E-state index contributed by atoms with van der Waals surface area (Å²) in [5.41, 5.74) is 0. The third-order valence-corrected chi connectivity index (χ3v) is 2.86. The number of carboxylic acids is 1. The lowest BCUT2D eigenvalue weighted by atomic mass is 9.86. The van der Waals surface area contributed by atoms with E-state index in [4.69, 9.17) is 5.11 Å². The maximum absolute atomic E-state index is 10.3. The predicted octanol–water partition coefficient (Wildman–Crippen LogP) is 1.63. The van der Waals surface area contributed by atoms with Crippen LogP contribution in [-0.2, 0) is 4.79 Å². The first-order valence-electron chi connectivity index (χ1n) is 5.15. The van der Waals surface area contributed by atoms with E-state index in [0.29, 0.717) is 18.5 Å². The van der Waals surface area contributed by atoms with Crippen molar-refractivity contribution in [3.8, 4) is 0 Å². The Bertz CT molecular complexity index is 170. The number of carbonyl (C=O) groups is 1. The van der Waals surface area contributed by atoms with Crippen molar-refractivity contribution in [1.29, 1.82) is 0 Å². The van der Waals surface area contributed by atoms with Gasteiger partial charge in [0.05, 0.1) is 6.42 Å². The molecule has 2 N–H and O–H groups in total. The first-order chi connectivity index (χ1) is 6.20. The Morgan fingerprint density at radius 2 is 2.15 bits per heavy atom. The van der Waals surface area contributed by atoms with E-state index in [-0.39, 0.29) is 6.42 Å². The smallest absolute Gasteiger partial charge is 0.304 e. The lowest BCUT2D eigenvalue weighted by Gasteiger charge is -2.29. The molecule has 0 spiro atoms. The maximum Gasteiger partial charge on any atom is 0.304 e. The first kappa shape index (κ1) is 10.5. The summed E-state index contributed by atoms with van der Waals surface area (Å²) in [7, 11) is 0. The zero-order chi connectivity index (χ0) is 9.68. The van der Waals surface area contributed by atoms with Gasteiger partial charge in [0.25, 0.3) is 0 Å². The van der Waals surface area contributed by atoms with Gasteiger partial charge in [-0.3, -0.25) is 4.79 Å². The third kappa shape index (κ3) is 3.77. The van der Waals surface area contributed by atoms with Crippen molar-refractivity contribution in [2.24, 2.45) is 5.92 Å². The van der Waals surface area contributed by atoms with Crippen LogP contribution in [0, 0.1) is 5.92 Å². The zero-order valence-electron chi connectivity index (χ0n) is 8.25. The molecule has 0 aliphatic heterocycles. The fourth-order valence-electron chi connectivity index (χ4n) is 1.98. The first-order valence-corrected chi connectivity index (χ1v) is 5.15. The average Bonchev–Trinajstić information content (AvgIpc) is 2.08. The predicted molar refractivity (Wildman–Crippen MR) is 51.7 cm³/mol. The Labute approximate surface area is 79.5 Å². The second-order valence-electron chi connectivity index (χ2n) is 3.97. The van der Waals surface area contributed by atoms with E-state index in [2.05, 4.69) is 12.2 Å². The van der Waals surface area contributed by atoms with Gasteiger partial charge < -0.3 is 10.4 Å². The van der Waals surface area contributed by atoms with Crippen LogP contribution in [0.25, 0.3) is 0 Å². The molecule has 0 radical (unpaired) electrons. The summed E-state index contributed by atoms with van der Waals surface area (Å²) in [5.74, 6) is -0.00138. The van der Waals surface area contributed by atoms with E-state index in [9.17, 15) is 4.79 Å². The van der Waals surface area contributed by atoms with Crippen LogP contribution in [0.5, 0.6) is 0 Å². The summed E-state index contributed by atoms with van der Waals surface area (Å²) >= 11 is 0. The summed E-state index contributed by atoms with van der Waals surface area (Å²) < 4.78 is 0. The van der Waals surface area contributed by atoms with Crippen molar-refractivity contribution in [1.82, 2.24) is 5.32 Å². The van der Waals surface area contributed by atoms with Crippen molar-refractivity contribution in [2.75, 3.05) is 6.54 Å². The Balaban J connectivity index is 2.15. The van der Waals surface area contributed by atoms with E-state index < -0.39 is 5.97 Å². The molecular weight excluding hydrogens is 166 g/mol. The molecule has 1 rings (SSSR count). The standard InChI is InChI=1S/C10H19NO2/c1-8-4-2-3-5-9(8)11-7-6-10(12)13/h8-9,11H,2-7H2,1H3,(H,12,13). The zero-order valence-corrected chi connectivity index (χ0v) is 8.25. The van der Waals surface area contributed by atoms with Crippen LogP contribution in [0.2, 0.25) is 0 Å². The molecule has 0 saturated heterocycles. The van der Waals surface area contributed by atoms with E-state index >= 15 is 0 Å². The van der Waals surface area contributed by atoms with Gasteiger partial charge in [0.2, 0.25) is 0 Å². The number of hydrogen-bond donors (Lipinski definition) is 2. The topological polar surface area (TPSA) is 49.3 Å². The monoisotopic (exact) mass is 185 g/mol. The van der Waals surface area contributed by atoms with Gasteiger partial charge in [-0.05, 0) is 18.8 Å². The van der Waals surface area contributed by atoms with Gasteiger partial charge in [-0.2, -0.15) is 0 Å². The molecule has 1 saturated carbocycles. The van der Waals surface area contributed by atoms with Gasteiger partial charge >= 0.3 is 5.97 Å². The van der Waals surface area contributed by atoms with Crippen LogP contribution in [0.3, 0.4) is 0 Å². The lowest BCUT2D eigenvalue weighted by molar-refractivity contribution is -0.136. The molecule has 3 heteroatoms. The van der Waals surface area contributed by atoms with E-state index in [1.165, 1.54) is 25.7 Å². The van der Waals surface area contributed by atoms with Crippen LogP contribution in [0.1, 0.15) is 39.0 Å². The van der Waals surface area contributed by atoms with E-state index in [0.717, 1.165) is 0 Å². The molecule has 1 aliphatic rings. The van der Waals surface area contributed by atoms with Gasteiger partial charge in [0, 0.05) is 12.6 Å². The van der Waals surface area contributed by atoms with Crippen molar-refractivity contribution in [2.45, 2.75) is 45.1 Å². The maximum atomic E-state index is 10.3. The third-order valence-electron chi connectivity index (χ3n) is 2.86. The number of hydrogen-bond acceptors (Lipinski definition) is 2. The summed E-state index contributed by atoms with van der Waals surface area (Å²) in [6.07, 6.45) is 5.35. The van der Waals surface area contributed by atoms with Crippen molar-refractivity contribution < 1.29 is 9.90 Å². The highest BCUT2D eigenvalue weighted by atomic mass is 16.4. The largest absolute Gasteiger partial charge is 0.481 e. The fourth-order valence-corrected chi connectivity index (χ4v) is 1.98. The van der Waals surface area contributed by atoms with Crippen LogP contribution >= 0.6 is 0 Å². The highest BCUT2D eigenvalue weighted by molar-refractivity contribution is 5.66. The van der Waals surface area contributed by atoms with E-state index in [1.807, 2.05) is 0 Å². The molecule has 1 fully saturated rings. The Hall–Kier alpha value is -0.570. The Kier molecular flexibility index (Phi) is 4.22. The quantitative estimate of drug-likeness (QED) is 0.700. The average molecular weight is 185 g/mol. The van der Waals surface area contributed by atoms with Crippen molar-refractivity contribution >= 4 is 5.97 Å². The summed E-state index contributed by atoms with van der Waals surface area (Å²) in [5, 5.41) is 11.8. The minimum atomic E-state index is -0.712. The molecule has 0 aromatic heterocycles. The van der Waals surface area contributed by atoms with Gasteiger partial charge in [-0.15, -0.1) is 0 Å². The number of aliphatic carboxylic acids is 1. The van der Waals surface area contributed by atoms with Crippen molar-refractivity contribution in [3.63, 3.8) is 0 Å². The molecule has 0 aromatic rings. The molecule has 2 unspecified atom stereocenters. The van der Waals surface area contributed by atoms with Crippen LogP contribution in [-0.4, -0.2) is 23.7 Å². The molecule has 0 heterocycles. The molecule has 1 aliphatic carbocycles. The SMILES string of the molecule is CC1CCCCC1NCCC(=O)O. The normalized spacial score (nSPS) is 28.7. The molecular formula is C10H19NO2. The van der Waals surface area contributed by atoms with Crippen LogP contribution in [0.4, 0.5) is 0 Å². The summed E-state index contributed by atoms with van der Waals surface area (Å²) in [6.45, 7) is 2.86. The van der Waals surface area contributed by atoms with Gasteiger partial charge in [0.15, 0.2) is 0 Å². The summed E-state index contributed by atoms with van der Waals surface area (Å²) in [6, 6.07) is 0.549. The van der Waals surface area contributed by atoms with Crippen molar-refractivity contribution in [3.05, 3.63) is 0 Å². The highest BCUT2D eigenvalue weighted by Gasteiger charge is 2.20. The van der Waals surface area contributed by atoms with Crippen LogP contribution < -0.4 is 5.32 Å². The fraction of sp³-hybridized carbons (Fsp3) is 0.900. The molecule has 13 heavy (non-hydrogen) atoms. The molecule has 0 bridgehead atoms. The second-order valence-corrected chi connectivity index (χ2v) is 3.97. The number of nitrogens with one attached hydrogen (secondary N) is 1. The summed E-state index contributed by atoms with van der Waals surface area (Å²) in [4.78, 5) is 10.3. The van der Waals surface area contributed by atoms with Crippen LogP contribution in [0.15, 0.2) is 0 Å². The molecule has 0 aromatic carbocycles. The number of rotatable bonds is 4. The van der Waals surface area contributed by atoms with E-state index in [1.54, 1.807) is 0 Å². The van der Waals surface area contributed by atoms with Gasteiger partial charge in [-0.1, -0.05) is 19.8 Å². The Morgan fingerprint density at radius 3 is 2.77 bits per heavy atom. The molecule has 0 amide bonds. The minimum absolute atomic E-state index is 0.239. The Morgan fingerprint density at radius 1 is 1.46 bits per heavy atom. The number of carboxylic acid groups (broad SMARTS) is 1. The molecule has 76 valence electrons. The molecule has 2 atom stereocenters. The minimum Gasteiger partial charge on any atom is -0.481 e. The second kappa shape index (κ2) is 5.22. The van der Waals surface area contributed by atoms with Gasteiger partial charge in [-0.25, -0.2) is 0 Å².